The minimum absolute atomic E-state index is 0.447. The molecule has 0 aliphatic heterocycles. The summed E-state index contributed by atoms with van der Waals surface area (Å²) in [6, 6.07) is 5.44. The third-order valence-electron chi connectivity index (χ3n) is 3.14. The van der Waals surface area contributed by atoms with Crippen LogP contribution in [-0.4, -0.2) is 22.3 Å². The first kappa shape index (κ1) is 11.9. The Morgan fingerprint density at radius 1 is 1.37 bits per heavy atom. The summed E-state index contributed by atoms with van der Waals surface area (Å²) in [7, 11) is 1.63. The molecule has 19 heavy (non-hydrogen) atoms. The van der Waals surface area contributed by atoms with Gasteiger partial charge in [0.15, 0.2) is 0 Å². The first-order valence-electron chi connectivity index (χ1n) is 5.78. The van der Waals surface area contributed by atoms with Crippen LogP contribution in [0.15, 0.2) is 18.2 Å². The molecule has 0 fully saturated rings. The highest BCUT2D eigenvalue weighted by molar-refractivity contribution is 6.37. The second kappa shape index (κ2) is 4.20. The molecule has 0 saturated heterocycles. The molecule has 0 bridgehead atoms. The van der Waals surface area contributed by atoms with Crippen LogP contribution in [0.3, 0.4) is 0 Å². The Kier molecular flexibility index (Phi) is 2.64. The molecule has 0 amide bonds. The number of nitrogen functional groups attached to an aromatic ring is 1. The molecule has 2 aromatic heterocycles. The third-order valence-corrected chi connectivity index (χ3v) is 3.46. The molecule has 0 radical (unpaired) electrons. The number of H-pyrrole nitrogens is 2. The molecule has 0 saturated carbocycles. The topological polar surface area (TPSA) is 79.7 Å². The van der Waals surface area contributed by atoms with Crippen molar-refractivity contribution in [3.8, 4) is 17.0 Å². The summed E-state index contributed by atoms with van der Waals surface area (Å²) in [6.07, 6.45) is 0. The van der Waals surface area contributed by atoms with E-state index in [1.807, 2.05) is 19.1 Å². The summed E-state index contributed by atoms with van der Waals surface area (Å²) in [4.78, 5) is 3.30. The van der Waals surface area contributed by atoms with E-state index >= 15 is 0 Å². The Morgan fingerprint density at radius 3 is 2.79 bits per heavy atom. The Morgan fingerprint density at radius 2 is 2.16 bits per heavy atom. The lowest BCUT2D eigenvalue weighted by atomic mass is 10.1. The molecule has 6 heteroatoms. The van der Waals surface area contributed by atoms with E-state index in [1.54, 1.807) is 13.2 Å². The fourth-order valence-corrected chi connectivity index (χ4v) is 2.59. The average Bonchev–Trinajstić information content (AvgIpc) is 2.93. The van der Waals surface area contributed by atoms with Crippen LogP contribution in [0.25, 0.3) is 22.2 Å². The van der Waals surface area contributed by atoms with Gasteiger partial charge in [0.25, 0.3) is 0 Å². The van der Waals surface area contributed by atoms with Gasteiger partial charge in [-0.15, -0.1) is 0 Å². The van der Waals surface area contributed by atoms with Gasteiger partial charge in [0, 0.05) is 22.7 Å². The van der Waals surface area contributed by atoms with Gasteiger partial charge in [0.1, 0.15) is 11.6 Å². The second-order valence-electron chi connectivity index (χ2n) is 4.33. The number of ether oxygens (including phenoxy) is 1. The molecule has 3 aromatic rings. The molecular weight excluding hydrogens is 264 g/mol. The molecule has 0 aliphatic rings. The van der Waals surface area contributed by atoms with Crippen LogP contribution >= 0.6 is 11.6 Å². The molecule has 2 heterocycles. The zero-order chi connectivity index (χ0) is 13.6. The number of methoxy groups -OCH3 is 1. The first-order valence-corrected chi connectivity index (χ1v) is 6.15. The number of nitrogens with one attached hydrogen (secondary N) is 2. The quantitative estimate of drug-likeness (QED) is 0.673. The standard InChI is InChI=1S/C13H13ClN4O/c1-6-11(8-5-10(15)18-17-8)12-7(14)3-4-9(19-2)13(12)16-6/h3-5,16H,1-2H3,(H3,15,17,18). The van der Waals surface area contributed by atoms with Gasteiger partial charge in [0.2, 0.25) is 0 Å². The van der Waals surface area contributed by atoms with Gasteiger partial charge in [0.05, 0.1) is 23.3 Å². The lowest BCUT2D eigenvalue weighted by molar-refractivity contribution is 0.419. The predicted octanol–water partition coefficient (Wildman–Crippen LogP) is 3.11. The number of aryl methyl sites for hydroxylation is 1. The molecule has 1 aromatic carbocycles. The summed E-state index contributed by atoms with van der Waals surface area (Å²) in [5, 5.41) is 8.43. The van der Waals surface area contributed by atoms with Crippen molar-refractivity contribution in [2.45, 2.75) is 6.92 Å². The molecular formula is C13H13ClN4O. The van der Waals surface area contributed by atoms with Crippen molar-refractivity contribution in [3.05, 3.63) is 28.9 Å². The highest BCUT2D eigenvalue weighted by Crippen LogP contribution is 2.39. The van der Waals surface area contributed by atoms with E-state index in [0.29, 0.717) is 10.8 Å². The summed E-state index contributed by atoms with van der Waals surface area (Å²) in [6.45, 7) is 1.97. The van der Waals surface area contributed by atoms with E-state index in [0.717, 1.165) is 33.6 Å². The monoisotopic (exact) mass is 276 g/mol. The minimum atomic E-state index is 0.447. The maximum Gasteiger partial charge on any atom is 0.145 e. The van der Waals surface area contributed by atoms with Gasteiger partial charge < -0.3 is 15.5 Å². The number of hydrogen-bond acceptors (Lipinski definition) is 3. The van der Waals surface area contributed by atoms with E-state index in [9.17, 15) is 0 Å². The largest absolute Gasteiger partial charge is 0.495 e. The Hall–Kier alpha value is -2.14. The SMILES string of the molecule is COc1ccc(Cl)c2c(-c3cc(N)n[nH]3)c(C)[nH]c12. The van der Waals surface area contributed by atoms with Gasteiger partial charge in [-0.1, -0.05) is 11.6 Å². The highest BCUT2D eigenvalue weighted by Gasteiger charge is 2.17. The zero-order valence-electron chi connectivity index (χ0n) is 10.5. The fraction of sp³-hybridized carbons (Fsp3) is 0.154. The summed E-state index contributed by atoms with van der Waals surface area (Å²) < 4.78 is 5.35. The molecule has 0 aliphatic carbocycles. The molecule has 98 valence electrons. The van der Waals surface area contributed by atoms with Crippen LogP contribution in [0.5, 0.6) is 5.75 Å². The molecule has 0 spiro atoms. The fourth-order valence-electron chi connectivity index (χ4n) is 2.34. The van der Waals surface area contributed by atoms with E-state index in [4.69, 9.17) is 22.1 Å². The number of hydrogen-bond donors (Lipinski definition) is 3. The molecule has 4 N–H and O–H groups in total. The Labute approximate surface area is 114 Å². The summed E-state index contributed by atoms with van der Waals surface area (Å²) in [5.74, 6) is 1.20. The van der Waals surface area contributed by atoms with Gasteiger partial charge in [-0.25, -0.2) is 0 Å². The zero-order valence-corrected chi connectivity index (χ0v) is 11.3. The normalized spacial score (nSPS) is 11.1. The van der Waals surface area contributed by atoms with Crippen molar-refractivity contribution in [3.63, 3.8) is 0 Å². The number of fused-ring (bicyclic) bond motifs is 1. The number of anilines is 1. The number of nitrogens with zero attached hydrogens (tertiary/aromatic N) is 1. The van der Waals surface area contributed by atoms with Crippen LogP contribution in [0.4, 0.5) is 5.82 Å². The third kappa shape index (κ3) is 1.74. The van der Waals surface area contributed by atoms with Crippen LogP contribution in [0, 0.1) is 6.92 Å². The van der Waals surface area contributed by atoms with E-state index in [-0.39, 0.29) is 0 Å². The molecule has 5 nitrogen and oxygen atoms in total. The smallest absolute Gasteiger partial charge is 0.145 e. The Bertz CT molecular complexity index is 759. The number of aromatic amines is 2. The van der Waals surface area contributed by atoms with Crippen LogP contribution in [-0.2, 0) is 0 Å². The number of benzene rings is 1. The summed E-state index contributed by atoms with van der Waals surface area (Å²) in [5.41, 5.74) is 9.30. The maximum absolute atomic E-state index is 6.32. The van der Waals surface area contributed by atoms with Crippen molar-refractivity contribution in [2.75, 3.05) is 12.8 Å². The number of rotatable bonds is 2. The number of nitrogens with two attached hydrogens (primary N) is 1. The van der Waals surface area contributed by atoms with Crippen LogP contribution in [0.2, 0.25) is 5.02 Å². The van der Waals surface area contributed by atoms with Crippen molar-refractivity contribution in [2.24, 2.45) is 0 Å². The number of halogens is 1. The van der Waals surface area contributed by atoms with Gasteiger partial charge in [-0.05, 0) is 19.1 Å². The molecule has 0 unspecified atom stereocenters. The van der Waals surface area contributed by atoms with Crippen molar-refractivity contribution in [1.29, 1.82) is 0 Å². The lowest BCUT2D eigenvalue weighted by Crippen LogP contribution is -1.84. The Balaban J connectivity index is 2.39. The molecule has 3 rings (SSSR count). The van der Waals surface area contributed by atoms with Gasteiger partial charge in [-0.3, -0.25) is 5.10 Å². The highest BCUT2D eigenvalue weighted by atomic mass is 35.5. The minimum Gasteiger partial charge on any atom is -0.495 e. The van der Waals surface area contributed by atoms with Crippen molar-refractivity contribution >= 4 is 28.3 Å². The van der Waals surface area contributed by atoms with Gasteiger partial charge in [-0.2, -0.15) is 5.10 Å². The van der Waals surface area contributed by atoms with Crippen LogP contribution < -0.4 is 10.5 Å². The maximum atomic E-state index is 6.32. The second-order valence-corrected chi connectivity index (χ2v) is 4.74. The van der Waals surface area contributed by atoms with E-state index < -0.39 is 0 Å². The number of aromatic nitrogens is 3. The van der Waals surface area contributed by atoms with Gasteiger partial charge >= 0.3 is 0 Å². The van der Waals surface area contributed by atoms with E-state index in [2.05, 4.69) is 15.2 Å². The summed E-state index contributed by atoms with van der Waals surface area (Å²) >= 11 is 6.32. The van der Waals surface area contributed by atoms with Crippen molar-refractivity contribution in [1.82, 2.24) is 15.2 Å². The molecule has 0 atom stereocenters. The predicted molar refractivity (Wildman–Crippen MR) is 76.6 cm³/mol. The van der Waals surface area contributed by atoms with E-state index in [1.165, 1.54) is 0 Å². The first-order chi connectivity index (χ1) is 9.11. The van der Waals surface area contributed by atoms with Crippen molar-refractivity contribution < 1.29 is 4.74 Å². The average molecular weight is 277 g/mol. The lowest BCUT2D eigenvalue weighted by Gasteiger charge is -2.03. The van der Waals surface area contributed by atoms with Crippen LogP contribution in [0.1, 0.15) is 5.69 Å².